The summed E-state index contributed by atoms with van der Waals surface area (Å²) in [6, 6.07) is 11.5. The van der Waals surface area contributed by atoms with Gasteiger partial charge in [-0.1, -0.05) is 11.6 Å². The summed E-state index contributed by atoms with van der Waals surface area (Å²) in [7, 11) is 1.56. The molecule has 0 aliphatic rings. The van der Waals surface area contributed by atoms with Gasteiger partial charge in [0.05, 0.1) is 12.8 Å². The second-order valence-electron chi connectivity index (χ2n) is 4.43. The smallest absolute Gasteiger partial charge is 0.255 e. The molecule has 0 radical (unpaired) electrons. The molecular formula is C16H14ClNO3. The summed E-state index contributed by atoms with van der Waals surface area (Å²) in [4.78, 5) is 23.8. The largest absolute Gasteiger partial charge is 0.497 e. The zero-order valence-electron chi connectivity index (χ0n) is 11.6. The lowest BCUT2D eigenvalue weighted by molar-refractivity contribution is 0.101. The molecule has 2 rings (SSSR count). The van der Waals surface area contributed by atoms with E-state index in [4.69, 9.17) is 16.3 Å². The predicted molar refractivity (Wildman–Crippen MR) is 82.4 cm³/mol. The van der Waals surface area contributed by atoms with Crippen LogP contribution in [-0.4, -0.2) is 18.8 Å². The molecule has 0 aromatic heterocycles. The Bertz CT molecular complexity index is 680. The van der Waals surface area contributed by atoms with Crippen LogP contribution in [0.1, 0.15) is 27.6 Å². The van der Waals surface area contributed by atoms with E-state index in [9.17, 15) is 9.59 Å². The summed E-state index contributed by atoms with van der Waals surface area (Å²) in [6.45, 7) is 1.43. The molecule has 0 aliphatic heterocycles. The van der Waals surface area contributed by atoms with Crippen LogP contribution in [-0.2, 0) is 0 Å². The topological polar surface area (TPSA) is 55.4 Å². The van der Waals surface area contributed by atoms with Gasteiger partial charge in [0.15, 0.2) is 5.78 Å². The molecule has 0 spiro atoms. The SMILES string of the molecule is COc1ccc(C(=O)Nc2ccc(Cl)cc2C(C)=O)cc1. The Morgan fingerprint density at radius 2 is 1.76 bits per heavy atom. The van der Waals surface area contributed by atoms with Crippen LogP contribution >= 0.6 is 11.6 Å². The third kappa shape index (κ3) is 3.61. The Labute approximate surface area is 127 Å². The van der Waals surface area contributed by atoms with Crippen molar-refractivity contribution in [1.29, 1.82) is 0 Å². The van der Waals surface area contributed by atoms with Crippen LogP contribution in [0.3, 0.4) is 0 Å². The number of carbonyl (C=O) groups is 2. The number of amides is 1. The van der Waals surface area contributed by atoms with E-state index in [-0.39, 0.29) is 11.7 Å². The fourth-order valence-corrected chi connectivity index (χ4v) is 2.03. The molecule has 0 heterocycles. The minimum Gasteiger partial charge on any atom is -0.497 e. The summed E-state index contributed by atoms with van der Waals surface area (Å²) in [5.41, 5.74) is 1.29. The van der Waals surface area contributed by atoms with Crippen molar-refractivity contribution < 1.29 is 14.3 Å². The first-order valence-corrected chi connectivity index (χ1v) is 6.65. The molecular weight excluding hydrogens is 290 g/mol. The number of benzene rings is 2. The third-order valence-corrected chi connectivity index (χ3v) is 3.20. The van der Waals surface area contributed by atoms with Crippen LogP contribution < -0.4 is 10.1 Å². The summed E-state index contributed by atoms with van der Waals surface area (Å²) >= 11 is 5.87. The Morgan fingerprint density at radius 1 is 1.10 bits per heavy atom. The highest BCUT2D eigenvalue weighted by molar-refractivity contribution is 6.31. The van der Waals surface area contributed by atoms with Crippen LogP contribution in [0.15, 0.2) is 42.5 Å². The first kappa shape index (κ1) is 15.1. The molecule has 0 saturated heterocycles. The molecule has 0 saturated carbocycles. The Balaban J connectivity index is 2.24. The van der Waals surface area contributed by atoms with Crippen molar-refractivity contribution in [3.8, 4) is 5.75 Å². The zero-order valence-corrected chi connectivity index (χ0v) is 12.4. The van der Waals surface area contributed by atoms with E-state index in [1.807, 2.05) is 0 Å². The van der Waals surface area contributed by atoms with E-state index in [0.29, 0.717) is 27.6 Å². The second-order valence-corrected chi connectivity index (χ2v) is 4.87. The molecule has 108 valence electrons. The van der Waals surface area contributed by atoms with Gasteiger partial charge >= 0.3 is 0 Å². The maximum atomic E-state index is 12.2. The van der Waals surface area contributed by atoms with Crippen molar-refractivity contribution in [3.05, 3.63) is 58.6 Å². The van der Waals surface area contributed by atoms with E-state index in [1.165, 1.54) is 13.0 Å². The average Bonchev–Trinajstić information content (AvgIpc) is 2.49. The number of Topliss-reactive ketones (excluding diaryl/α,β-unsaturated/α-hetero) is 1. The van der Waals surface area contributed by atoms with Crippen molar-refractivity contribution in [2.45, 2.75) is 6.92 Å². The number of ketones is 1. The van der Waals surface area contributed by atoms with Gasteiger partial charge in [-0.25, -0.2) is 0 Å². The van der Waals surface area contributed by atoms with Gasteiger partial charge in [0.25, 0.3) is 5.91 Å². The summed E-state index contributed by atoms with van der Waals surface area (Å²) in [5.74, 6) is 0.201. The first-order chi connectivity index (χ1) is 10.0. The van der Waals surface area contributed by atoms with Crippen molar-refractivity contribution in [1.82, 2.24) is 0 Å². The first-order valence-electron chi connectivity index (χ1n) is 6.27. The van der Waals surface area contributed by atoms with Crippen molar-refractivity contribution in [2.24, 2.45) is 0 Å². The quantitative estimate of drug-likeness (QED) is 0.874. The number of nitrogens with one attached hydrogen (secondary N) is 1. The van der Waals surface area contributed by atoms with Crippen LogP contribution in [0.5, 0.6) is 5.75 Å². The maximum Gasteiger partial charge on any atom is 0.255 e. The van der Waals surface area contributed by atoms with Crippen LogP contribution in [0.4, 0.5) is 5.69 Å². The van der Waals surface area contributed by atoms with E-state index >= 15 is 0 Å². The molecule has 1 N–H and O–H groups in total. The highest BCUT2D eigenvalue weighted by Crippen LogP contribution is 2.22. The molecule has 0 bridgehead atoms. The molecule has 21 heavy (non-hydrogen) atoms. The fraction of sp³-hybridized carbons (Fsp3) is 0.125. The second kappa shape index (κ2) is 6.41. The lowest BCUT2D eigenvalue weighted by Gasteiger charge is -2.10. The molecule has 2 aromatic carbocycles. The van der Waals surface area contributed by atoms with Gasteiger partial charge in [0.2, 0.25) is 0 Å². The number of hydrogen-bond acceptors (Lipinski definition) is 3. The molecule has 0 fully saturated rings. The molecule has 5 heteroatoms. The van der Waals surface area contributed by atoms with Gasteiger partial charge in [-0.3, -0.25) is 9.59 Å². The lowest BCUT2D eigenvalue weighted by Crippen LogP contribution is -2.14. The number of rotatable bonds is 4. The van der Waals surface area contributed by atoms with Crippen molar-refractivity contribution in [3.63, 3.8) is 0 Å². The monoisotopic (exact) mass is 303 g/mol. The standard InChI is InChI=1S/C16H14ClNO3/c1-10(19)14-9-12(17)5-8-15(14)18-16(20)11-3-6-13(21-2)7-4-11/h3-9H,1-2H3,(H,18,20). The highest BCUT2D eigenvalue weighted by atomic mass is 35.5. The van der Waals surface area contributed by atoms with E-state index in [0.717, 1.165) is 0 Å². The third-order valence-electron chi connectivity index (χ3n) is 2.96. The average molecular weight is 304 g/mol. The maximum absolute atomic E-state index is 12.2. The number of hydrogen-bond donors (Lipinski definition) is 1. The van der Waals surface area contributed by atoms with E-state index < -0.39 is 0 Å². The minimum absolute atomic E-state index is 0.164. The van der Waals surface area contributed by atoms with Crippen LogP contribution in [0.2, 0.25) is 5.02 Å². The lowest BCUT2D eigenvalue weighted by atomic mass is 10.1. The normalized spacial score (nSPS) is 10.0. The number of halogens is 1. The van der Waals surface area contributed by atoms with Gasteiger partial charge in [0.1, 0.15) is 5.75 Å². The highest BCUT2D eigenvalue weighted by Gasteiger charge is 2.12. The van der Waals surface area contributed by atoms with Gasteiger partial charge < -0.3 is 10.1 Å². The summed E-state index contributed by atoms with van der Waals surface area (Å²) in [5, 5.41) is 3.16. The van der Waals surface area contributed by atoms with Gasteiger partial charge in [-0.15, -0.1) is 0 Å². The van der Waals surface area contributed by atoms with Gasteiger partial charge in [-0.2, -0.15) is 0 Å². The molecule has 4 nitrogen and oxygen atoms in total. The Morgan fingerprint density at radius 3 is 2.33 bits per heavy atom. The van der Waals surface area contributed by atoms with Gasteiger partial charge in [0, 0.05) is 16.1 Å². The molecule has 0 aliphatic carbocycles. The van der Waals surface area contributed by atoms with Crippen LogP contribution in [0.25, 0.3) is 0 Å². The van der Waals surface area contributed by atoms with Crippen molar-refractivity contribution >= 4 is 29.0 Å². The fourth-order valence-electron chi connectivity index (χ4n) is 1.85. The predicted octanol–water partition coefficient (Wildman–Crippen LogP) is 3.80. The molecule has 0 unspecified atom stereocenters. The van der Waals surface area contributed by atoms with Gasteiger partial charge in [-0.05, 0) is 49.4 Å². The number of ether oxygens (including phenoxy) is 1. The Kier molecular flexibility index (Phi) is 4.60. The summed E-state index contributed by atoms with van der Waals surface area (Å²) < 4.78 is 5.04. The number of methoxy groups -OCH3 is 1. The number of anilines is 1. The number of carbonyl (C=O) groups excluding carboxylic acids is 2. The summed E-state index contributed by atoms with van der Waals surface area (Å²) in [6.07, 6.45) is 0. The minimum atomic E-state index is -0.303. The Hall–Kier alpha value is -2.33. The van der Waals surface area contributed by atoms with Crippen molar-refractivity contribution in [2.75, 3.05) is 12.4 Å². The zero-order chi connectivity index (χ0) is 15.4. The van der Waals surface area contributed by atoms with Crippen LogP contribution in [0, 0.1) is 0 Å². The molecule has 1 amide bonds. The van der Waals surface area contributed by atoms with E-state index in [2.05, 4.69) is 5.32 Å². The van der Waals surface area contributed by atoms with E-state index in [1.54, 1.807) is 43.5 Å². The molecule has 2 aromatic rings. The molecule has 0 atom stereocenters.